The SMILES string of the molecule is COCc1c(O)c(C)c(C)c2c1CCC(C)(CC/C=C(\C)CC/C=C(\C)CCC=C(C)C)O2. The van der Waals surface area contributed by atoms with Crippen LogP contribution in [0.2, 0.25) is 0 Å². The van der Waals surface area contributed by atoms with Crippen LogP contribution in [-0.4, -0.2) is 17.8 Å². The van der Waals surface area contributed by atoms with E-state index in [1.165, 1.54) is 16.7 Å². The summed E-state index contributed by atoms with van der Waals surface area (Å²) in [5.74, 6) is 1.32. The second-order valence-electron chi connectivity index (χ2n) is 10.4. The Hall–Kier alpha value is -2.00. The zero-order valence-electron chi connectivity index (χ0n) is 22.4. The quantitative estimate of drug-likeness (QED) is 0.341. The Morgan fingerprint density at radius 2 is 1.58 bits per heavy atom. The molecule has 0 radical (unpaired) electrons. The summed E-state index contributed by atoms with van der Waals surface area (Å²) in [5.41, 5.74) is 8.13. The number of phenols is 1. The third-order valence-electron chi connectivity index (χ3n) is 7.01. The van der Waals surface area contributed by atoms with Crippen molar-refractivity contribution in [1.82, 2.24) is 0 Å². The summed E-state index contributed by atoms with van der Waals surface area (Å²) in [6.45, 7) is 15.5. The normalized spacial score (nSPS) is 18.7. The second-order valence-corrected chi connectivity index (χ2v) is 10.4. The minimum absolute atomic E-state index is 0.177. The maximum absolute atomic E-state index is 10.6. The Morgan fingerprint density at radius 1 is 0.970 bits per heavy atom. The molecular weight excluding hydrogens is 408 g/mol. The van der Waals surface area contributed by atoms with E-state index in [-0.39, 0.29) is 5.60 Å². The maximum Gasteiger partial charge on any atom is 0.127 e. The highest BCUT2D eigenvalue weighted by atomic mass is 16.5. The van der Waals surface area contributed by atoms with E-state index >= 15 is 0 Å². The molecule has 1 aromatic carbocycles. The van der Waals surface area contributed by atoms with Gasteiger partial charge in [0, 0.05) is 18.2 Å². The second kappa shape index (κ2) is 12.5. The Bertz CT molecular complexity index is 900. The van der Waals surface area contributed by atoms with E-state index in [0.29, 0.717) is 12.4 Å². The van der Waals surface area contributed by atoms with Crippen molar-refractivity contribution in [1.29, 1.82) is 0 Å². The standard InChI is InChI=1S/C30H46O3/c1-21(2)12-9-13-22(3)14-10-15-23(4)16-11-18-30(7)19-17-26-27(20-32-8)28(31)24(5)25(6)29(26)33-30/h12,14,16,31H,9-11,13,15,17-20H2,1-8H3/b22-14+,23-16+. The van der Waals surface area contributed by atoms with E-state index in [4.69, 9.17) is 9.47 Å². The number of benzene rings is 1. The maximum atomic E-state index is 10.6. The highest BCUT2D eigenvalue weighted by Crippen LogP contribution is 2.45. The summed E-state index contributed by atoms with van der Waals surface area (Å²) >= 11 is 0. The van der Waals surface area contributed by atoms with E-state index in [2.05, 4.69) is 59.8 Å². The summed E-state index contributed by atoms with van der Waals surface area (Å²) < 4.78 is 12.0. The van der Waals surface area contributed by atoms with Crippen LogP contribution in [0.15, 0.2) is 34.9 Å². The first-order valence-electron chi connectivity index (χ1n) is 12.5. The molecule has 2 rings (SSSR count). The molecule has 0 aromatic heterocycles. The van der Waals surface area contributed by atoms with Gasteiger partial charge in [-0.05, 0) is 111 Å². The number of hydrogen-bond acceptors (Lipinski definition) is 3. The van der Waals surface area contributed by atoms with Crippen LogP contribution in [-0.2, 0) is 17.8 Å². The lowest BCUT2D eigenvalue weighted by atomic mass is 9.84. The lowest BCUT2D eigenvalue weighted by Crippen LogP contribution is -2.37. The van der Waals surface area contributed by atoms with Gasteiger partial charge in [-0.1, -0.05) is 34.9 Å². The Balaban J connectivity index is 1.94. The van der Waals surface area contributed by atoms with Crippen molar-refractivity contribution in [3.8, 4) is 11.5 Å². The first-order chi connectivity index (χ1) is 15.6. The predicted molar refractivity (Wildman–Crippen MR) is 140 cm³/mol. The number of allylic oxidation sites excluding steroid dienone is 6. The fourth-order valence-electron chi connectivity index (χ4n) is 4.61. The summed E-state index contributed by atoms with van der Waals surface area (Å²) in [4.78, 5) is 0. The Morgan fingerprint density at radius 3 is 2.18 bits per heavy atom. The van der Waals surface area contributed by atoms with Crippen LogP contribution < -0.4 is 4.74 Å². The van der Waals surface area contributed by atoms with Gasteiger partial charge in [-0.25, -0.2) is 0 Å². The molecule has 3 nitrogen and oxygen atoms in total. The van der Waals surface area contributed by atoms with Gasteiger partial charge < -0.3 is 14.6 Å². The summed E-state index contributed by atoms with van der Waals surface area (Å²) in [6, 6.07) is 0. The van der Waals surface area contributed by atoms with Gasteiger partial charge in [-0.3, -0.25) is 0 Å². The Kier molecular flexibility index (Phi) is 10.3. The lowest BCUT2D eigenvalue weighted by molar-refractivity contribution is 0.0549. The molecule has 1 aliphatic heterocycles. The van der Waals surface area contributed by atoms with Crippen molar-refractivity contribution in [2.24, 2.45) is 0 Å². The highest BCUT2D eigenvalue weighted by Gasteiger charge is 2.34. The fourth-order valence-corrected chi connectivity index (χ4v) is 4.61. The number of methoxy groups -OCH3 is 1. The molecule has 1 N–H and O–H groups in total. The van der Waals surface area contributed by atoms with Crippen LogP contribution in [0.4, 0.5) is 0 Å². The molecule has 1 atom stereocenters. The van der Waals surface area contributed by atoms with E-state index in [9.17, 15) is 5.11 Å². The zero-order valence-corrected chi connectivity index (χ0v) is 22.4. The first-order valence-corrected chi connectivity index (χ1v) is 12.5. The molecule has 1 aromatic rings. The van der Waals surface area contributed by atoms with Crippen LogP contribution in [0.3, 0.4) is 0 Å². The minimum atomic E-state index is -0.177. The van der Waals surface area contributed by atoms with Gasteiger partial charge >= 0.3 is 0 Å². The third-order valence-corrected chi connectivity index (χ3v) is 7.01. The first kappa shape index (κ1) is 27.2. The molecule has 33 heavy (non-hydrogen) atoms. The number of aromatic hydroxyl groups is 1. The predicted octanol–water partition coefficient (Wildman–Crippen LogP) is 8.44. The average Bonchev–Trinajstić information content (AvgIpc) is 2.75. The molecule has 1 unspecified atom stereocenters. The van der Waals surface area contributed by atoms with Gasteiger partial charge in [0.1, 0.15) is 17.1 Å². The van der Waals surface area contributed by atoms with Crippen LogP contribution >= 0.6 is 0 Å². The van der Waals surface area contributed by atoms with Gasteiger partial charge in [0.15, 0.2) is 0 Å². The molecule has 3 heteroatoms. The van der Waals surface area contributed by atoms with Crippen LogP contribution in [0, 0.1) is 13.8 Å². The van der Waals surface area contributed by atoms with Crippen molar-refractivity contribution in [3.63, 3.8) is 0 Å². The van der Waals surface area contributed by atoms with Gasteiger partial charge in [-0.2, -0.15) is 0 Å². The number of ether oxygens (including phenoxy) is 2. The molecule has 1 heterocycles. The highest BCUT2D eigenvalue weighted by molar-refractivity contribution is 5.58. The summed E-state index contributed by atoms with van der Waals surface area (Å²) in [7, 11) is 1.67. The van der Waals surface area contributed by atoms with Crippen LogP contribution in [0.1, 0.15) is 102 Å². The monoisotopic (exact) mass is 454 g/mol. The molecular formula is C30H46O3. The van der Waals surface area contributed by atoms with E-state index in [1.54, 1.807) is 7.11 Å². The lowest BCUT2D eigenvalue weighted by Gasteiger charge is -2.38. The molecule has 0 bridgehead atoms. The van der Waals surface area contributed by atoms with Crippen molar-refractivity contribution < 1.29 is 14.6 Å². The fraction of sp³-hybridized carbons (Fsp3) is 0.600. The van der Waals surface area contributed by atoms with Gasteiger partial charge in [0.25, 0.3) is 0 Å². The summed E-state index contributed by atoms with van der Waals surface area (Å²) in [5, 5.41) is 10.6. The minimum Gasteiger partial charge on any atom is -0.507 e. The topological polar surface area (TPSA) is 38.7 Å². The van der Waals surface area contributed by atoms with Gasteiger partial charge in [-0.15, -0.1) is 0 Å². The molecule has 0 saturated heterocycles. The molecule has 0 fully saturated rings. The molecule has 1 aliphatic rings. The number of fused-ring (bicyclic) bond motifs is 1. The smallest absolute Gasteiger partial charge is 0.127 e. The van der Waals surface area contributed by atoms with Crippen molar-refractivity contribution in [3.05, 3.63) is 57.2 Å². The number of phenolic OH excluding ortho intramolecular Hbond substituents is 1. The number of rotatable bonds is 11. The zero-order chi connectivity index (χ0) is 24.6. The summed E-state index contributed by atoms with van der Waals surface area (Å²) in [6.07, 6.45) is 15.6. The Labute approximate surface area is 202 Å². The molecule has 0 amide bonds. The van der Waals surface area contributed by atoms with Crippen LogP contribution in [0.5, 0.6) is 11.5 Å². The van der Waals surface area contributed by atoms with Crippen molar-refractivity contribution in [2.45, 2.75) is 112 Å². The van der Waals surface area contributed by atoms with Crippen LogP contribution in [0.25, 0.3) is 0 Å². The van der Waals surface area contributed by atoms with E-state index < -0.39 is 0 Å². The van der Waals surface area contributed by atoms with Crippen molar-refractivity contribution >= 4 is 0 Å². The molecule has 184 valence electrons. The molecule has 0 spiro atoms. The molecule has 0 saturated carbocycles. The number of hydrogen-bond donors (Lipinski definition) is 1. The third kappa shape index (κ3) is 7.78. The van der Waals surface area contributed by atoms with Crippen molar-refractivity contribution in [2.75, 3.05) is 7.11 Å². The van der Waals surface area contributed by atoms with Gasteiger partial charge in [0.2, 0.25) is 0 Å². The van der Waals surface area contributed by atoms with E-state index in [1.807, 2.05) is 6.92 Å². The van der Waals surface area contributed by atoms with E-state index in [0.717, 1.165) is 79.4 Å². The average molecular weight is 455 g/mol. The molecule has 0 aliphatic carbocycles. The van der Waals surface area contributed by atoms with Gasteiger partial charge in [0.05, 0.1) is 6.61 Å². The largest absolute Gasteiger partial charge is 0.507 e.